The van der Waals surface area contributed by atoms with Crippen LogP contribution in [0.3, 0.4) is 0 Å². The van der Waals surface area contributed by atoms with Crippen molar-refractivity contribution in [2.45, 2.75) is 0 Å². The fraction of sp³-hybridized carbons (Fsp3) is 0.167. The topological polar surface area (TPSA) is 85.2 Å². The number of carbonyl (C=O) groups excluding carboxylic acids is 1. The molecule has 6 heteroatoms. The minimum absolute atomic E-state index is 0.0265. The Balaban J connectivity index is 2.35. The molecule has 0 aliphatic carbocycles. The molecule has 0 heterocycles. The minimum atomic E-state index is -0.467. The number of aromatic hydroxyl groups is 2. The van der Waals surface area contributed by atoms with E-state index in [0.717, 1.165) is 6.07 Å². The number of phenols is 2. The van der Waals surface area contributed by atoms with E-state index in [1.807, 2.05) is 0 Å². The molecule has 6 nitrogen and oxygen atoms in total. The molecule has 0 aliphatic rings. The quantitative estimate of drug-likeness (QED) is 0.625. The van der Waals surface area contributed by atoms with E-state index in [1.165, 1.54) is 33.5 Å². The van der Waals surface area contributed by atoms with Crippen LogP contribution in [0.2, 0.25) is 0 Å². The van der Waals surface area contributed by atoms with Crippen LogP contribution in [0.1, 0.15) is 15.9 Å². The molecule has 0 saturated carbocycles. The minimum Gasteiger partial charge on any atom is -0.508 e. The lowest BCUT2D eigenvalue weighted by molar-refractivity contribution is 0.104. The van der Waals surface area contributed by atoms with E-state index in [0.29, 0.717) is 17.1 Å². The fourth-order valence-corrected chi connectivity index (χ4v) is 2.18. The number of hydrogen-bond donors (Lipinski definition) is 2. The van der Waals surface area contributed by atoms with Crippen LogP contribution < -0.4 is 14.2 Å². The molecule has 0 spiro atoms. The van der Waals surface area contributed by atoms with Crippen molar-refractivity contribution in [3.05, 3.63) is 47.5 Å². The van der Waals surface area contributed by atoms with Gasteiger partial charge in [-0.25, -0.2) is 0 Å². The molecular weight excluding hydrogens is 312 g/mol. The zero-order valence-electron chi connectivity index (χ0n) is 13.6. The van der Waals surface area contributed by atoms with E-state index in [9.17, 15) is 15.0 Å². The molecular formula is C18H18O6. The second kappa shape index (κ2) is 7.41. The molecule has 0 amide bonds. The van der Waals surface area contributed by atoms with Gasteiger partial charge in [0.05, 0.1) is 21.3 Å². The number of phenolic OH excluding ortho intramolecular Hbond substituents is 2. The molecule has 0 aliphatic heterocycles. The summed E-state index contributed by atoms with van der Waals surface area (Å²) >= 11 is 0. The van der Waals surface area contributed by atoms with Crippen molar-refractivity contribution < 1.29 is 29.2 Å². The molecule has 0 unspecified atom stereocenters. The van der Waals surface area contributed by atoms with E-state index < -0.39 is 5.78 Å². The summed E-state index contributed by atoms with van der Waals surface area (Å²) in [5, 5.41) is 19.4. The Morgan fingerprint density at radius 2 is 1.54 bits per heavy atom. The Kier molecular flexibility index (Phi) is 5.31. The maximum atomic E-state index is 12.4. The Morgan fingerprint density at radius 1 is 0.917 bits per heavy atom. The number of methoxy groups -OCH3 is 3. The largest absolute Gasteiger partial charge is 0.508 e. The summed E-state index contributed by atoms with van der Waals surface area (Å²) in [5.41, 5.74) is 0.665. The van der Waals surface area contributed by atoms with Crippen molar-refractivity contribution >= 4 is 11.9 Å². The third-order valence-electron chi connectivity index (χ3n) is 3.33. The number of carbonyl (C=O) groups is 1. The maximum absolute atomic E-state index is 12.4. The van der Waals surface area contributed by atoms with Crippen molar-refractivity contribution in [3.63, 3.8) is 0 Å². The average molecular weight is 330 g/mol. The van der Waals surface area contributed by atoms with E-state index in [1.54, 1.807) is 24.3 Å². The summed E-state index contributed by atoms with van der Waals surface area (Å²) in [4.78, 5) is 12.4. The molecule has 0 atom stereocenters. The zero-order valence-corrected chi connectivity index (χ0v) is 13.6. The summed E-state index contributed by atoms with van der Waals surface area (Å²) in [6.07, 6.45) is 2.86. The van der Waals surface area contributed by atoms with Gasteiger partial charge in [-0.3, -0.25) is 4.79 Å². The van der Waals surface area contributed by atoms with E-state index in [-0.39, 0.29) is 22.8 Å². The van der Waals surface area contributed by atoms with E-state index in [2.05, 4.69) is 0 Å². The van der Waals surface area contributed by atoms with Gasteiger partial charge in [-0.2, -0.15) is 0 Å². The molecule has 0 saturated heterocycles. The van der Waals surface area contributed by atoms with Crippen LogP contribution in [0.25, 0.3) is 6.08 Å². The zero-order chi connectivity index (χ0) is 17.7. The van der Waals surface area contributed by atoms with Crippen LogP contribution in [0.15, 0.2) is 36.4 Å². The summed E-state index contributed by atoms with van der Waals surface area (Å²) in [6.45, 7) is 0. The molecule has 2 aromatic rings. The predicted molar refractivity (Wildman–Crippen MR) is 89.2 cm³/mol. The second-order valence-electron chi connectivity index (χ2n) is 4.89. The van der Waals surface area contributed by atoms with Gasteiger partial charge < -0.3 is 24.4 Å². The van der Waals surface area contributed by atoms with Gasteiger partial charge in [-0.15, -0.1) is 0 Å². The molecule has 0 bridgehead atoms. The second-order valence-corrected chi connectivity index (χ2v) is 4.89. The highest BCUT2D eigenvalue weighted by Gasteiger charge is 2.16. The van der Waals surface area contributed by atoms with Gasteiger partial charge in [-0.05, 0) is 23.8 Å². The highest BCUT2D eigenvalue weighted by atomic mass is 16.5. The average Bonchev–Trinajstić information content (AvgIpc) is 2.58. The normalized spacial score (nSPS) is 10.6. The first kappa shape index (κ1) is 17.2. The lowest BCUT2D eigenvalue weighted by atomic mass is 10.1. The molecule has 0 fully saturated rings. The van der Waals surface area contributed by atoms with Crippen LogP contribution in [-0.4, -0.2) is 37.3 Å². The van der Waals surface area contributed by atoms with E-state index in [4.69, 9.17) is 14.2 Å². The van der Waals surface area contributed by atoms with Gasteiger partial charge in [0.2, 0.25) is 0 Å². The molecule has 2 aromatic carbocycles. The van der Waals surface area contributed by atoms with Crippen LogP contribution in [0, 0.1) is 0 Å². The van der Waals surface area contributed by atoms with Crippen LogP contribution in [0.4, 0.5) is 0 Å². The first-order valence-electron chi connectivity index (χ1n) is 7.04. The Hall–Kier alpha value is -3.15. The molecule has 126 valence electrons. The first-order valence-corrected chi connectivity index (χ1v) is 7.04. The Bertz CT molecular complexity index is 757. The van der Waals surface area contributed by atoms with Crippen molar-refractivity contribution in [2.75, 3.05) is 21.3 Å². The van der Waals surface area contributed by atoms with Gasteiger partial charge in [0.25, 0.3) is 0 Å². The number of ketones is 1. The lowest BCUT2D eigenvalue weighted by Crippen LogP contribution is -1.99. The van der Waals surface area contributed by atoms with Crippen molar-refractivity contribution in [3.8, 4) is 28.7 Å². The molecule has 2 N–H and O–H groups in total. The Morgan fingerprint density at radius 3 is 2.08 bits per heavy atom. The van der Waals surface area contributed by atoms with Crippen LogP contribution in [-0.2, 0) is 0 Å². The Labute approximate surface area is 139 Å². The van der Waals surface area contributed by atoms with Gasteiger partial charge >= 0.3 is 0 Å². The number of hydrogen-bond acceptors (Lipinski definition) is 6. The maximum Gasteiger partial charge on any atom is 0.193 e. The molecule has 24 heavy (non-hydrogen) atoms. The number of benzene rings is 2. The lowest BCUT2D eigenvalue weighted by Gasteiger charge is -2.09. The van der Waals surface area contributed by atoms with E-state index >= 15 is 0 Å². The van der Waals surface area contributed by atoms with Gasteiger partial charge in [0.15, 0.2) is 5.78 Å². The molecule has 0 aromatic heterocycles. The fourth-order valence-electron chi connectivity index (χ4n) is 2.18. The number of rotatable bonds is 6. The van der Waals surface area contributed by atoms with Crippen molar-refractivity contribution in [2.24, 2.45) is 0 Å². The van der Waals surface area contributed by atoms with Crippen molar-refractivity contribution in [1.82, 2.24) is 0 Å². The van der Waals surface area contributed by atoms with Crippen LogP contribution in [0.5, 0.6) is 28.7 Å². The van der Waals surface area contributed by atoms with Crippen molar-refractivity contribution in [1.29, 1.82) is 0 Å². The van der Waals surface area contributed by atoms with Gasteiger partial charge in [0.1, 0.15) is 34.3 Å². The standard InChI is InChI=1S/C18H18O6/c1-22-13-6-11(7-14(10-13)23-2)4-5-15(20)18-16(21)8-12(19)9-17(18)24-3/h4-10,19,21H,1-3H3/b5-4+. The summed E-state index contributed by atoms with van der Waals surface area (Å²) in [6, 6.07) is 7.53. The first-order chi connectivity index (χ1) is 11.5. The molecule has 0 radical (unpaired) electrons. The highest BCUT2D eigenvalue weighted by Crippen LogP contribution is 2.33. The van der Waals surface area contributed by atoms with Gasteiger partial charge in [-0.1, -0.05) is 6.08 Å². The summed E-state index contributed by atoms with van der Waals surface area (Å²) in [5.74, 6) is 0.252. The smallest absolute Gasteiger partial charge is 0.193 e. The predicted octanol–water partition coefficient (Wildman–Crippen LogP) is 3.02. The van der Waals surface area contributed by atoms with Crippen LogP contribution >= 0.6 is 0 Å². The SMILES string of the molecule is COc1cc(/C=C/C(=O)c2c(O)cc(O)cc2OC)cc(OC)c1. The third-order valence-corrected chi connectivity index (χ3v) is 3.33. The monoisotopic (exact) mass is 330 g/mol. The van der Waals surface area contributed by atoms with Gasteiger partial charge in [0, 0.05) is 18.2 Å². The summed E-state index contributed by atoms with van der Waals surface area (Å²) in [7, 11) is 4.42. The highest BCUT2D eigenvalue weighted by molar-refractivity contribution is 6.10. The number of allylic oxidation sites excluding steroid dienone is 1. The third kappa shape index (κ3) is 3.78. The molecule has 2 rings (SSSR count). The number of ether oxygens (including phenoxy) is 3. The summed E-state index contributed by atoms with van der Waals surface area (Å²) < 4.78 is 15.4.